The van der Waals surface area contributed by atoms with Crippen molar-refractivity contribution >= 4 is 23.3 Å². The minimum Gasteiger partial charge on any atom is -0.493 e. The van der Waals surface area contributed by atoms with Crippen LogP contribution in [0.25, 0.3) is 0 Å². The van der Waals surface area contributed by atoms with Crippen molar-refractivity contribution in [1.29, 1.82) is 5.26 Å². The lowest BCUT2D eigenvalue weighted by atomic mass is 9.85. The lowest BCUT2D eigenvalue weighted by Crippen LogP contribution is -2.27. The maximum absolute atomic E-state index is 13.5. The van der Waals surface area contributed by atoms with Crippen molar-refractivity contribution in [2.24, 2.45) is 5.92 Å². The highest BCUT2D eigenvalue weighted by Crippen LogP contribution is 2.61. The van der Waals surface area contributed by atoms with E-state index in [1.165, 1.54) is 0 Å². The molecule has 1 aliphatic heterocycles. The van der Waals surface area contributed by atoms with Gasteiger partial charge in [-0.05, 0) is 68.5 Å². The Labute approximate surface area is 227 Å². The predicted molar refractivity (Wildman–Crippen MR) is 146 cm³/mol. The van der Waals surface area contributed by atoms with Gasteiger partial charge in [0, 0.05) is 40.1 Å². The fourth-order valence-corrected chi connectivity index (χ4v) is 5.50. The molecular weight excluding hydrogens is 492 g/mol. The number of ketones is 1. The van der Waals surface area contributed by atoms with Crippen LogP contribution in [0.5, 0.6) is 5.75 Å². The van der Waals surface area contributed by atoms with Crippen LogP contribution in [0.4, 0.5) is 5.69 Å². The quantitative estimate of drug-likeness (QED) is 0.300. The van der Waals surface area contributed by atoms with Crippen molar-refractivity contribution in [3.05, 3.63) is 94.5 Å². The molecule has 7 nitrogen and oxygen atoms in total. The number of rotatable bonds is 9. The second-order valence-corrected chi connectivity index (χ2v) is 10.0. The molecule has 2 aliphatic rings. The zero-order chi connectivity index (χ0) is 27.4. The van der Waals surface area contributed by atoms with E-state index in [4.69, 9.17) is 9.47 Å². The summed E-state index contributed by atoms with van der Waals surface area (Å²) < 4.78 is 10.9. The molecule has 7 heteroatoms. The van der Waals surface area contributed by atoms with Crippen LogP contribution >= 0.6 is 0 Å². The second kappa shape index (κ2) is 11.1. The normalized spacial score (nSPS) is 18.8. The molecule has 0 radical (unpaired) electrons. The summed E-state index contributed by atoms with van der Waals surface area (Å²) in [5.74, 6) is -0.00137. The fourth-order valence-electron chi connectivity index (χ4n) is 5.50. The van der Waals surface area contributed by atoms with Gasteiger partial charge in [0.1, 0.15) is 5.75 Å². The Balaban J connectivity index is 1.34. The number of ether oxygens (including phenoxy) is 2. The first-order valence-corrected chi connectivity index (χ1v) is 13.3. The minimum absolute atomic E-state index is 0.0680. The Morgan fingerprint density at radius 1 is 1.08 bits per heavy atom. The number of carbonyl (C=O) groups is 3. The Hall–Kier alpha value is -4.44. The lowest BCUT2D eigenvalue weighted by molar-refractivity contribution is -0.143. The summed E-state index contributed by atoms with van der Waals surface area (Å²) >= 11 is 0. The molecule has 1 heterocycles. The molecule has 1 amide bonds. The van der Waals surface area contributed by atoms with E-state index in [1.54, 1.807) is 37.3 Å². The number of nitrogens with zero attached hydrogens (tertiary/aromatic N) is 1. The third-order valence-electron chi connectivity index (χ3n) is 7.64. The van der Waals surface area contributed by atoms with Crippen molar-refractivity contribution in [3.8, 4) is 11.8 Å². The average Bonchev–Trinajstić information content (AvgIpc) is 3.68. The number of fused-ring (bicyclic) bond motifs is 2. The number of nitrogens with one attached hydrogen (secondary N) is 1. The third kappa shape index (κ3) is 5.42. The number of esters is 1. The Morgan fingerprint density at radius 2 is 1.90 bits per heavy atom. The second-order valence-electron chi connectivity index (χ2n) is 10.0. The summed E-state index contributed by atoms with van der Waals surface area (Å²) in [6, 6.07) is 22.0. The maximum Gasteiger partial charge on any atom is 0.305 e. The zero-order valence-electron chi connectivity index (χ0n) is 21.9. The van der Waals surface area contributed by atoms with Gasteiger partial charge in [-0.2, -0.15) is 5.26 Å². The number of hydrogen-bond acceptors (Lipinski definition) is 6. The first-order valence-electron chi connectivity index (χ1n) is 13.3. The van der Waals surface area contributed by atoms with E-state index in [0.717, 1.165) is 11.1 Å². The van der Waals surface area contributed by atoms with Crippen molar-refractivity contribution in [3.63, 3.8) is 0 Å². The van der Waals surface area contributed by atoms with Gasteiger partial charge in [0.25, 0.3) is 0 Å². The molecule has 1 saturated carbocycles. The summed E-state index contributed by atoms with van der Waals surface area (Å²) in [6.45, 7) is 2.62. The van der Waals surface area contributed by atoms with Crippen molar-refractivity contribution in [2.45, 2.75) is 44.4 Å². The summed E-state index contributed by atoms with van der Waals surface area (Å²) in [7, 11) is 0. The molecule has 39 heavy (non-hydrogen) atoms. The van der Waals surface area contributed by atoms with E-state index >= 15 is 0 Å². The summed E-state index contributed by atoms with van der Waals surface area (Å²) in [4.78, 5) is 38.4. The van der Waals surface area contributed by atoms with Gasteiger partial charge >= 0.3 is 5.97 Å². The maximum atomic E-state index is 13.5. The highest BCUT2D eigenvalue weighted by Gasteiger charge is 2.61. The first-order chi connectivity index (χ1) is 18.9. The van der Waals surface area contributed by atoms with Gasteiger partial charge in [-0.15, -0.1) is 0 Å². The molecule has 3 aromatic rings. The number of aryl methyl sites for hydroxylation is 1. The van der Waals surface area contributed by atoms with Crippen LogP contribution in [0.3, 0.4) is 0 Å². The molecule has 0 bridgehead atoms. The van der Waals surface area contributed by atoms with Gasteiger partial charge in [0.2, 0.25) is 5.91 Å². The molecule has 0 aromatic heterocycles. The van der Waals surface area contributed by atoms with E-state index in [1.807, 2.05) is 36.4 Å². The van der Waals surface area contributed by atoms with Crippen LogP contribution in [0.2, 0.25) is 0 Å². The van der Waals surface area contributed by atoms with Gasteiger partial charge in [-0.1, -0.05) is 36.4 Å². The lowest BCUT2D eigenvalue weighted by Gasteiger charge is -2.27. The van der Waals surface area contributed by atoms with Gasteiger partial charge in [-0.3, -0.25) is 14.4 Å². The van der Waals surface area contributed by atoms with Gasteiger partial charge < -0.3 is 14.8 Å². The number of carbonyl (C=O) groups excluding carboxylic acids is 3. The van der Waals surface area contributed by atoms with Crippen LogP contribution in [0.15, 0.2) is 66.7 Å². The number of hydrogen-bond donors (Lipinski definition) is 1. The van der Waals surface area contributed by atoms with Crippen molar-refractivity contribution in [1.82, 2.24) is 0 Å². The largest absolute Gasteiger partial charge is 0.493 e. The number of amides is 1. The highest BCUT2D eigenvalue weighted by molar-refractivity contribution is 6.09. The van der Waals surface area contributed by atoms with E-state index in [9.17, 15) is 19.6 Å². The van der Waals surface area contributed by atoms with E-state index in [-0.39, 0.29) is 35.4 Å². The molecule has 1 fully saturated rings. The molecular formula is C32H30N2O5. The molecule has 1 aliphatic carbocycles. The van der Waals surface area contributed by atoms with Crippen LogP contribution < -0.4 is 10.1 Å². The minimum atomic E-state index is -0.387. The Bertz CT molecular complexity index is 1460. The van der Waals surface area contributed by atoms with Crippen LogP contribution in [-0.4, -0.2) is 30.9 Å². The number of nitriles is 1. The van der Waals surface area contributed by atoms with Crippen LogP contribution in [-0.2, 0) is 26.2 Å². The summed E-state index contributed by atoms with van der Waals surface area (Å²) in [5, 5.41) is 12.5. The molecule has 0 unspecified atom stereocenters. The third-order valence-corrected chi connectivity index (χ3v) is 7.64. The molecule has 198 valence electrons. The smallest absolute Gasteiger partial charge is 0.305 e. The Morgan fingerprint density at radius 3 is 2.67 bits per heavy atom. The van der Waals surface area contributed by atoms with Crippen LogP contribution in [0.1, 0.15) is 65.2 Å². The van der Waals surface area contributed by atoms with Crippen LogP contribution in [0, 0.1) is 17.2 Å². The fraction of sp³-hybridized carbons (Fsp3) is 0.312. The van der Waals surface area contributed by atoms with Crippen molar-refractivity contribution < 1.29 is 23.9 Å². The van der Waals surface area contributed by atoms with Gasteiger partial charge in [0.05, 0.1) is 24.8 Å². The highest BCUT2D eigenvalue weighted by atomic mass is 16.5. The van der Waals surface area contributed by atoms with E-state index in [2.05, 4.69) is 11.4 Å². The first kappa shape index (κ1) is 26.2. The van der Waals surface area contributed by atoms with Gasteiger partial charge in [0.15, 0.2) is 5.78 Å². The topological polar surface area (TPSA) is 105 Å². The number of anilines is 1. The average molecular weight is 523 g/mol. The van der Waals surface area contributed by atoms with E-state index < -0.39 is 0 Å². The Kier molecular flexibility index (Phi) is 7.47. The monoisotopic (exact) mass is 522 g/mol. The number of benzene rings is 3. The molecule has 3 aromatic carbocycles. The summed E-state index contributed by atoms with van der Waals surface area (Å²) in [5.41, 5.74) is 3.60. The standard InChI is InChI=1S/C32H30N2O5/c1-2-38-29(35)10-6-9-22-12-11-21(20-33)17-27(22)34-31(37)26-19-32(26)15-16-39-28-14-13-24(18-25(28)32)30(36)23-7-4-3-5-8-23/h3-5,7-8,11-14,17-18,26H,2,6,9-10,15-16,19H2,1H3,(H,34,37)/t26-,32-/m0/s1. The summed E-state index contributed by atoms with van der Waals surface area (Å²) in [6.07, 6.45) is 2.77. The van der Waals surface area contributed by atoms with Gasteiger partial charge in [-0.25, -0.2) is 0 Å². The molecule has 2 atom stereocenters. The molecule has 1 spiro atoms. The molecule has 1 N–H and O–H groups in total. The SMILES string of the molecule is CCOC(=O)CCCc1ccc(C#N)cc1NC(=O)[C@@H]1C[C@]12CCOc1ccc(C(=O)c3ccccc3)cc12. The molecule has 0 saturated heterocycles. The zero-order valence-corrected chi connectivity index (χ0v) is 21.9. The predicted octanol–water partition coefficient (Wildman–Crippen LogP) is 5.35. The van der Waals surface area contributed by atoms with Crippen molar-refractivity contribution in [2.75, 3.05) is 18.5 Å². The molecule has 5 rings (SSSR count). The van der Waals surface area contributed by atoms with E-state index in [0.29, 0.717) is 67.0 Å².